The Morgan fingerprint density at radius 1 is 1.17 bits per heavy atom. The lowest BCUT2D eigenvalue weighted by Crippen LogP contribution is -2.35. The molecule has 0 radical (unpaired) electrons. The molecule has 1 amide bonds. The zero-order chi connectivity index (χ0) is 17.9. The molecule has 7 nitrogen and oxygen atoms in total. The van der Waals surface area contributed by atoms with Gasteiger partial charge in [-0.05, 0) is 25.1 Å². The zero-order valence-corrected chi connectivity index (χ0v) is 15.1. The van der Waals surface area contributed by atoms with Crippen LogP contribution in [-0.2, 0) is 19.6 Å². The summed E-state index contributed by atoms with van der Waals surface area (Å²) in [5.74, 6) is -1.26. The van der Waals surface area contributed by atoms with Gasteiger partial charge in [0.15, 0.2) is 6.10 Å². The highest BCUT2D eigenvalue weighted by atomic mass is 35.5. The predicted octanol–water partition coefficient (Wildman–Crippen LogP) is 1.22. The highest BCUT2D eigenvalue weighted by Crippen LogP contribution is 2.23. The van der Waals surface area contributed by atoms with Crippen LogP contribution in [0.5, 0.6) is 0 Å². The summed E-state index contributed by atoms with van der Waals surface area (Å²) < 4.78 is 30.3. The highest BCUT2D eigenvalue weighted by Gasteiger charge is 2.24. The van der Waals surface area contributed by atoms with Crippen molar-refractivity contribution in [3.8, 4) is 0 Å². The van der Waals surface area contributed by atoms with Crippen LogP contribution in [0.1, 0.15) is 17.3 Å². The van der Waals surface area contributed by atoms with E-state index in [4.69, 9.17) is 16.3 Å². The molecule has 0 N–H and O–H groups in total. The number of benzene rings is 1. The number of carbonyl (C=O) groups excluding carboxylic acids is 2. The molecule has 0 spiro atoms. The summed E-state index contributed by atoms with van der Waals surface area (Å²) in [6.07, 6.45) is -1.01. The average molecular weight is 363 g/mol. The van der Waals surface area contributed by atoms with Crippen LogP contribution in [0.15, 0.2) is 23.1 Å². The van der Waals surface area contributed by atoms with Gasteiger partial charge in [0, 0.05) is 28.2 Å². The van der Waals surface area contributed by atoms with Crippen molar-refractivity contribution >= 4 is 33.5 Å². The summed E-state index contributed by atoms with van der Waals surface area (Å²) in [6.45, 7) is 1.43. The summed E-state index contributed by atoms with van der Waals surface area (Å²) in [5.41, 5.74) is -0.118. The van der Waals surface area contributed by atoms with E-state index < -0.39 is 28.0 Å². The maximum atomic E-state index is 12.2. The molecule has 0 heterocycles. The van der Waals surface area contributed by atoms with Gasteiger partial charge in [0.1, 0.15) is 0 Å². The molecular formula is C14H19ClN2O5S. The molecule has 0 saturated carbocycles. The van der Waals surface area contributed by atoms with Crippen molar-refractivity contribution < 1.29 is 22.7 Å². The Labute approximate surface area is 140 Å². The molecule has 1 rings (SSSR count). The minimum Gasteiger partial charge on any atom is -0.449 e. The van der Waals surface area contributed by atoms with E-state index in [1.54, 1.807) is 0 Å². The fourth-order valence-electron chi connectivity index (χ4n) is 1.67. The van der Waals surface area contributed by atoms with Crippen LogP contribution in [0, 0.1) is 0 Å². The van der Waals surface area contributed by atoms with Gasteiger partial charge in [-0.15, -0.1) is 0 Å². The smallest absolute Gasteiger partial charge is 0.340 e. The lowest BCUT2D eigenvalue weighted by molar-refractivity contribution is -0.137. The number of nitrogens with zero attached hydrogens (tertiary/aromatic N) is 2. The second kappa shape index (κ2) is 7.29. The van der Waals surface area contributed by atoms with Crippen molar-refractivity contribution in [2.75, 3.05) is 28.2 Å². The van der Waals surface area contributed by atoms with Gasteiger partial charge in [0.2, 0.25) is 10.0 Å². The van der Waals surface area contributed by atoms with E-state index >= 15 is 0 Å². The molecule has 9 heteroatoms. The first-order valence-electron chi connectivity index (χ1n) is 6.62. The number of esters is 1. The number of hydrogen-bond acceptors (Lipinski definition) is 5. The zero-order valence-electron chi connectivity index (χ0n) is 13.5. The summed E-state index contributed by atoms with van der Waals surface area (Å²) in [7, 11) is 2.10. The molecule has 1 atom stereocenters. The van der Waals surface area contributed by atoms with E-state index in [-0.39, 0.29) is 15.5 Å². The van der Waals surface area contributed by atoms with Gasteiger partial charge >= 0.3 is 5.97 Å². The number of halogens is 1. The standard InChI is InChI=1S/C14H19ClN2O5S/c1-9(13(18)16(2)3)22-14(19)11-8-10(6-7-12(11)15)23(20,21)17(4)5/h6-9H,1-5H3/t9-/m0/s1. The predicted molar refractivity (Wildman–Crippen MR) is 85.9 cm³/mol. The van der Waals surface area contributed by atoms with Crippen molar-refractivity contribution in [1.82, 2.24) is 9.21 Å². The third kappa shape index (κ3) is 4.43. The maximum absolute atomic E-state index is 12.2. The normalized spacial score (nSPS) is 12.8. The first-order valence-corrected chi connectivity index (χ1v) is 8.44. The van der Waals surface area contributed by atoms with E-state index in [0.29, 0.717) is 0 Å². The van der Waals surface area contributed by atoms with Crippen LogP contribution in [-0.4, -0.2) is 63.8 Å². The molecule has 23 heavy (non-hydrogen) atoms. The number of sulfonamides is 1. The first-order chi connectivity index (χ1) is 10.5. The third-order valence-electron chi connectivity index (χ3n) is 3.01. The van der Waals surface area contributed by atoms with Crippen LogP contribution in [0.25, 0.3) is 0 Å². The van der Waals surface area contributed by atoms with Crippen LogP contribution in [0.4, 0.5) is 0 Å². The number of ether oxygens (including phenoxy) is 1. The van der Waals surface area contributed by atoms with E-state index in [1.165, 1.54) is 52.1 Å². The number of likely N-dealkylation sites (N-methyl/N-ethyl adjacent to an activating group) is 1. The topological polar surface area (TPSA) is 84.0 Å². The molecule has 0 aliphatic carbocycles. The highest BCUT2D eigenvalue weighted by molar-refractivity contribution is 7.89. The Balaban J connectivity index is 3.14. The molecule has 0 aliphatic rings. The fourth-order valence-corrected chi connectivity index (χ4v) is 2.79. The van der Waals surface area contributed by atoms with Crippen LogP contribution in [0.3, 0.4) is 0 Å². The molecule has 1 aromatic carbocycles. The first kappa shape index (κ1) is 19.4. The van der Waals surface area contributed by atoms with Crippen molar-refractivity contribution in [3.63, 3.8) is 0 Å². The Bertz CT molecular complexity index is 716. The molecule has 0 aromatic heterocycles. The van der Waals surface area contributed by atoms with Gasteiger partial charge in [-0.1, -0.05) is 11.6 Å². The summed E-state index contributed by atoms with van der Waals surface area (Å²) >= 11 is 5.94. The Hall–Kier alpha value is -1.64. The molecule has 0 unspecified atom stereocenters. The van der Waals surface area contributed by atoms with E-state index in [9.17, 15) is 18.0 Å². The molecule has 0 saturated heterocycles. The van der Waals surface area contributed by atoms with Crippen molar-refractivity contribution in [3.05, 3.63) is 28.8 Å². The molecular weight excluding hydrogens is 344 g/mol. The summed E-state index contributed by atoms with van der Waals surface area (Å²) in [5, 5.41) is 0.0391. The quantitative estimate of drug-likeness (QED) is 0.735. The molecule has 0 bridgehead atoms. The number of hydrogen-bond donors (Lipinski definition) is 0. The lowest BCUT2D eigenvalue weighted by atomic mass is 10.2. The average Bonchev–Trinajstić information content (AvgIpc) is 2.45. The second-order valence-electron chi connectivity index (χ2n) is 5.21. The Morgan fingerprint density at radius 2 is 1.74 bits per heavy atom. The van der Waals surface area contributed by atoms with Gasteiger partial charge in [0.25, 0.3) is 5.91 Å². The van der Waals surface area contributed by atoms with Crippen LogP contribution < -0.4 is 0 Å². The van der Waals surface area contributed by atoms with Gasteiger partial charge in [-0.3, -0.25) is 4.79 Å². The Kier molecular flexibility index (Phi) is 6.15. The second-order valence-corrected chi connectivity index (χ2v) is 7.77. The van der Waals surface area contributed by atoms with E-state index in [0.717, 1.165) is 10.4 Å². The molecule has 128 valence electrons. The van der Waals surface area contributed by atoms with Crippen LogP contribution in [0.2, 0.25) is 5.02 Å². The summed E-state index contributed by atoms with van der Waals surface area (Å²) in [6, 6.07) is 3.72. The largest absolute Gasteiger partial charge is 0.449 e. The molecule has 0 aliphatic heterocycles. The van der Waals surface area contributed by atoms with Crippen molar-refractivity contribution in [2.45, 2.75) is 17.9 Å². The van der Waals surface area contributed by atoms with Gasteiger partial charge < -0.3 is 9.64 Å². The lowest BCUT2D eigenvalue weighted by Gasteiger charge is -2.18. The van der Waals surface area contributed by atoms with E-state index in [1.807, 2.05) is 0 Å². The SMILES string of the molecule is C[C@H](OC(=O)c1cc(S(=O)(=O)N(C)C)ccc1Cl)C(=O)N(C)C. The van der Waals surface area contributed by atoms with Crippen LogP contribution >= 0.6 is 11.6 Å². The summed E-state index contributed by atoms with van der Waals surface area (Å²) in [4.78, 5) is 25.1. The third-order valence-corrected chi connectivity index (χ3v) is 5.15. The molecule has 1 aromatic rings. The molecule has 0 fully saturated rings. The minimum absolute atomic E-state index is 0.0391. The van der Waals surface area contributed by atoms with Gasteiger partial charge in [0.05, 0.1) is 15.5 Å². The van der Waals surface area contributed by atoms with Crippen molar-refractivity contribution in [1.29, 1.82) is 0 Å². The van der Waals surface area contributed by atoms with Crippen molar-refractivity contribution in [2.24, 2.45) is 0 Å². The van der Waals surface area contributed by atoms with Gasteiger partial charge in [-0.2, -0.15) is 0 Å². The fraction of sp³-hybridized carbons (Fsp3) is 0.429. The number of rotatable bonds is 5. The maximum Gasteiger partial charge on any atom is 0.340 e. The number of carbonyl (C=O) groups is 2. The van der Waals surface area contributed by atoms with Gasteiger partial charge in [-0.25, -0.2) is 17.5 Å². The number of amides is 1. The Morgan fingerprint density at radius 3 is 2.22 bits per heavy atom. The van der Waals surface area contributed by atoms with E-state index in [2.05, 4.69) is 0 Å². The minimum atomic E-state index is -3.72. The monoisotopic (exact) mass is 362 g/mol.